The van der Waals surface area contributed by atoms with Gasteiger partial charge in [0.25, 0.3) is 5.91 Å². The predicted molar refractivity (Wildman–Crippen MR) is 153 cm³/mol. The van der Waals surface area contributed by atoms with Gasteiger partial charge in [0.2, 0.25) is 5.91 Å². The maximum Gasteiger partial charge on any atom is 0.265 e. The molecule has 0 saturated heterocycles. The van der Waals surface area contributed by atoms with E-state index in [0.717, 1.165) is 35.7 Å². The highest BCUT2D eigenvalue weighted by molar-refractivity contribution is 8.04. The molecule has 5 nitrogen and oxygen atoms in total. The quantitative estimate of drug-likeness (QED) is 0.290. The van der Waals surface area contributed by atoms with Gasteiger partial charge in [-0.05, 0) is 49.8 Å². The summed E-state index contributed by atoms with van der Waals surface area (Å²) in [5, 5.41) is 3.67. The monoisotopic (exact) mass is 534 g/mol. The summed E-state index contributed by atoms with van der Waals surface area (Å²) in [6, 6.07) is 26.0. The highest BCUT2D eigenvalue weighted by Crippen LogP contribution is 2.41. The van der Waals surface area contributed by atoms with E-state index < -0.39 is 0 Å². The van der Waals surface area contributed by atoms with Crippen molar-refractivity contribution in [1.82, 2.24) is 5.32 Å². The van der Waals surface area contributed by atoms with E-state index in [1.165, 1.54) is 22.2 Å². The Morgan fingerprint density at radius 2 is 1.73 bits per heavy atom. The number of nitrogens with one attached hydrogen (secondary N) is 2. The van der Waals surface area contributed by atoms with Crippen LogP contribution in [-0.2, 0) is 16.1 Å². The average molecular weight is 535 g/mol. The van der Waals surface area contributed by atoms with E-state index >= 15 is 0 Å². The van der Waals surface area contributed by atoms with E-state index in [4.69, 9.17) is 11.6 Å². The summed E-state index contributed by atoms with van der Waals surface area (Å²) in [6.45, 7) is 6.94. The van der Waals surface area contributed by atoms with Crippen LogP contribution in [0.5, 0.6) is 0 Å². The molecule has 192 valence electrons. The molecule has 2 amide bonds. The molecule has 1 atom stereocenters. The second kappa shape index (κ2) is 13.0. The van der Waals surface area contributed by atoms with Crippen LogP contribution in [0.1, 0.15) is 31.4 Å². The van der Waals surface area contributed by atoms with Crippen LogP contribution in [0.15, 0.2) is 88.7 Å². The number of anilines is 1. The number of rotatable bonds is 10. The Balaban J connectivity index is 1.36. The van der Waals surface area contributed by atoms with Crippen molar-refractivity contribution in [2.24, 2.45) is 0 Å². The zero-order valence-electron chi connectivity index (χ0n) is 21.2. The maximum atomic E-state index is 13.4. The summed E-state index contributed by atoms with van der Waals surface area (Å²) < 4.78 is 0. The van der Waals surface area contributed by atoms with E-state index in [1.807, 2.05) is 48.5 Å². The van der Waals surface area contributed by atoms with Gasteiger partial charge in [0.1, 0.15) is 13.1 Å². The molecule has 3 aromatic carbocycles. The summed E-state index contributed by atoms with van der Waals surface area (Å²) in [4.78, 5) is 30.9. The van der Waals surface area contributed by atoms with Crippen molar-refractivity contribution >= 4 is 46.9 Å². The number of hydrogen-bond donors (Lipinski definition) is 2. The minimum Gasteiger partial charge on any atom is -0.354 e. The van der Waals surface area contributed by atoms with Gasteiger partial charge in [0.05, 0.1) is 23.2 Å². The van der Waals surface area contributed by atoms with Crippen molar-refractivity contribution in [2.45, 2.75) is 37.8 Å². The Labute approximate surface area is 228 Å². The van der Waals surface area contributed by atoms with Gasteiger partial charge in [-0.2, -0.15) is 0 Å². The van der Waals surface area contributed by atoms with Crippen molar-refractivity contribution < 1.29 is 14.5 Å². The minimum atomic E-state index is -0.174. The lowest BCUT2D eigenvalue weighted by Gasteiger charge is -2.30. The molecule has 37 heavy (non-hydrogen) atoms. The fourth-order valence-electron chi connectivity index (χ4n) is 4.31. The highest BCUT2D eigenvalue weighted by atomic mass is 35.5. The summed E-state index contributed by atoms with van der Waals surface area (Å²) in [5.74, 6) is -0.331. The first-order valence-corrected chi connectivity index (χ1v) is 13.8. The molecule has 3 aromatic rings. The molecule has 0 aliphatic carbocycles. The van der Waals surface area contributed by atoms with Crippen molar-refractivity contribution in [2.75, 3.05) is 24.5 Å². The van der Waals surface area contributed by atoms with Crippen LogP contribution in [-0.4, -0.2) is 37.5 Å². The van der Waals surface area contributed by atoms with Crippen molar-refractivity contribution in [3.63, 3.8) is 0 Å². The minimum absolute atomic E-state index is 0.0148. The van der Waals surface area contributed by atoms with Gasteiger partial charge in [-0.3, -0.25) is 14.5 Å². The number of carbonyl (C=O) groups is 2. The molecular formula is C30H33ClN3O2S+. The number of thioether (sulfide) groups is 1. The third-order valence-corrected chi connectivity index (χ3v) is 7.72. The smallest absolute Gasteiger partial charge is 0.265 e. The normalized spacial score (nSPS) is 15.1. The Morgan fingerprint density at radius 3 is 2.46 bits per heavy atom. The summed E-state index contributed by atoms with van der Waals surface area (Å²) in [6.07, 6.45) is 2.72. The summed E-state index contributed by atoms with van der Waals surface area (Å²) >= 11 is 7.43. The summed E-state index contributed by atoms with van der Waals surface area (Å²) in [5.41, 5.74) is 2.97. The van der Waals surface area contributed by atoms with Crippen LogP contribution < -0.4 is 15.1 Å². The lowest BCUT2D eigenvalue weighted by Crippen LogP contribution is -3.13. The van der Waals surface area contributed by atoms with Crippen LogP contribution in [0.2, 0.25) is 5.02 Å². The molecule has 1 aliphatic heterocycles. The van der Waals surface area contributed by atoms with Gasteiger partial charge in [0.15, 0.2) is 0 Å². The second-order valence-electron chi connectivity index (χ2n) is 9.45. The van der Waals surface area contributed by atoms with Gasteiger partial charge >= 0.3 is 0 Å². The van der Waals surface area contributed by atoms with Gasteiger partial charge in [0, 0.05) is 28.4 Å². The zero-order valence-corrected chi connectivity index (χ0v) is 22.8. The lowest BCUT2D eigenvalue weighted by atomic mass is 10.2. The van der Waals surface area contributed by atoms with E-state index in [-0.39, 0.29) is 18.4 Å². The molecular weight excluding hydrogens is 502 g/mol. The van der Waals surface area contributed by atoms with Crippen LogP contribution in [0.4, 0.5) is 5.69 Å². The third kappa shape index (κ3) is 7.48. The molecule has 0 spiro atoms. The average Bonchev–Trinajstić information content (AvgIpc) is 2.90. The Hall–Kier alpha value is -3.06. The Bertz CT molecular complexity index is 1250. The number of fused-ring (bicyclic) bond motifs is 1. The molecule has 7 heteroatoms. The van der Waals surface area contributed by atoms with E-state index in [1.54, 1.807) is 17.0 Å². The fourth-order valence-corrected chi connectivity index (χ4v) is 5.50. The van der Waals surface area contributed by atoms with E-state index in [0.29, 0.717) is 22.5 Å². The van der Waals surface area contributed by atoms with E-state index in [9.17, 15) is 9.59 Å². The molecule has 0 saturated carbocycles. The Kier molecular flexibility index (Phi) is 9.45. The molecule has 0 fully saturated rings. The second-order valence-corrected chi connectivity index (χ2v) is 11.0. The van der Waals surface area contributed by atoms with Gasteiger partial charge in [-0.15, -0.1) is 0 Å². The molecule has 0 aromatic heterocycles. The molecule has 2 N–H and O–H groups in total. The van der Waals surface area contributed by atoms with Gasteiger partial charge in [-0.25, -0.2) is 0 Å². The van der Waals surface area contributed by atoms with Crippen LogP contribution >= 0.6 is 23.4 Å². The first-order chi connectivity index (χ1) is 17.9. The first kappa shape index (κ1) is 27.0. The Morgan fingerprint density at radius 1 is 1.03 bits per heavy atom. The number of nitrogens with zero attached hydrogens (tertiary/aromatic N) is 1. The molecule has 1 aliphatic rings. The first-order valence-electron chi connectivity index (χ1n) is 12.6. The van der Waals surface area contributed by atoms with Crippen molar-refractivity contribution in [3.8, 4) is 0 Å². The van der Waals surface area contributed by atoms with E-state index in [2.05, 4.69) is 43.4 Å². The molecule has 0 bridgehead atoms. The molecule has 0 radical (unpaired) electrons. The molecule has 4 rings (SSSR count). The third-order valence-electron chi connectivity index (χ3n) is 6.39. The number of halogens is 1. The number of carbonyl (C=O) groups excluding carboxylic acids is 2. The number of para-hydroxylation sites is 1. The zero-order chi connectivity index (χ0) is 26.2. The summed E-state index contributed by atoms with van der Waals surface area (Å²) in [7, 11) is 0. The lowest BCUT2D eigenvalue weighted by molar-refractivity contribution is -0.935. The number of quaternary nitrogens is 1. The van der Waals surface area contributed by atoms with Crippen LogP contribution in [0.25, 0.3) is 6.08 Å². The van der Waals surface area contributed by atoms with Crippen LogP contribution in [0.3, 0.4) is 0 Å². The predicted octanol–water partition coefficient (Wildman–Crippen LogP) is 4.82. The molecule has 1 heterocycles. The largest absolute Gasteiger partial charge is 0.354 e. The maximum absolute atomic E-state index is 13.4. The molecule has 1 unspecified atom stereocenters. The van der Waals surface area contributed by atoms with Crippen molar-refractivity contribution in [3.05, 3.63) is 99.9 Å². The standard InChI is InChI=1S/C30H32ClN3O2S/c1-22(2)33(20-24-9-4-3-5-10-24)18-8-17-32-29(35)21-34-26-11-6-7-12-27(26)37-28(30(34)36)19-23-13-15-25(31)16-14-23/h3-7,9-16,19,22H,8,17-18,20-21H2,1-2H3,(H,32,35)/p+1. The highest BCUT2D eigenvalue weighted by Gasteiger charge is 2.30. The van der Waals surface area contributed by atoms with Gasteiger partial charge < -0.3 is 10.2 Å². The number of amides is 2. The van der Waals surface area contributed by atoms with Gasteiger partial charge in [-0.1, -0.05) is 78.0 Å². The number of benzene rings is 3. The topological polar surface area (TPSA) is 53.9 Å². The fraction of sp³-hybridized carbons (Fsp3) is 0.267. The van der Waals surface area contributed by atoms with Crippen LogP contribution in [0, 0.1) is 0 Å². The van der Waals surface area contributed by atoms with Crippen molar-refractivity contribution in [1.29, 1.82) is 0 Å². The SMILES string of the molecule is CC(C)[NH+](CCCNC(=O)CN1C(=O)C(=Cc2ccc(Cl)cc2)Sc2ccccc21)Cc1ccccc1. The number of hydrogen-bond acceptors (Lipinski definition) is 3.